The highest BCUT2D eigenvalue weighted by molar-refractivity contribution is 9.10. The fraction of sp³-hybridized carbons (Fsp3) is 0.238. The van der Waals surface area contributed by atoms with Gasteiger partial charge in [0.1, 0.15) is 0 Å². The predicted octanol–water partition coefficient (Wildman–Crippen LogP) is 5.71. The standard InChI is InChI=1S/C21H17BrO2/c1-12-8-18-17(10-19-21(20(18)22)24-11-23-19)16(12)9-14-7-6-13-4-2-3-5-15(13)14/h2-7,10,14H,8-9,11H2,1H3. The summed E-state index contributed by atoms with van der Waals surface area (Å²) in [5.74, 6) is 2.17. The first-order chi connectivity index (χ1) is 11.7. The number of rotatable bonds is 2. The van der Waals surface area contributed by atoms with Crippen molar-refractivity contribution >= 4 is 27.6 Å². The molecule has 0 fully saturated rings. The molecule has 1 heterocycles. The van der Waals surface area contributed by atoms with Crippen LogP contribution in [0.2, 0.25) is 0 Å². The molecule has 0 aromatic heterocycles. The maximum Gasteiger partial charge on any atom is 0.231 e. The molecular formula is C21H17BrO2. The third kappa shape index (κ3) is 2.01. The number of allylic oxidation sites excluding steroid dienone is 3. The third-order valence-electron chi connectivity index (χ3n) is 5.32. The van der Waals surface area contributed by atoms with Gasteiger partial charge in [-0.2, -0.15) is 0 Å². The highest BCUT2D eigenvalue weighted by Crippen LogP contribution is 2.50. The minimum atomic E-state index is 0.313. The molecule has 2 nitrogen and oxygen atoms in total. The van der Waals surface area contributed by atoms with Gasteiger partial charge in [0, 0.05) is 5.92 Å². The fourth-order valence-corrected chi connectivity index (χ4v) is 4.75. The zero-order valence-electron chi connectivity index (χ0n) is 13.4. The van der Waals surface area contributed by atoms with Crippen LogP contribution in [0.4, 0.5) is 0 Å². The molecule has 0 saturated heterocycles. The second kappa shape index (κ2) is 5.25. The number of hydrogen-bond acceptors (Lipinski definition) is 2. The minimum Gasteiger partial charge on any atom is -0.454 e. The lowest BCUT2D eigenvalue weighted by Crippen LogP contribution is -1.96. The molecular weight excluding hydrogens is 364 g/mol. The summed E-state index contributed by atoms with van der Waals surface area (Å²) < 4.78 is 12.3. The molecule has 0 spiro atoms. The highest BCUT2D eigenvalue weighted by Gasteiger charge is 2.30. The highest BCUT2D eigenvalue weighted by atomic mass is 79.9. The summed E-state index contributed by atoms with van der Waals surface area (Å²) in [5.41, 5.74) is 8.35. The summed E-state index contributed by atoms with van der Waals surface area (Å²) in [4.78, 5) is 0. The van der Waals surface area contributed by atoms with Crippen molar-refractivity contribution in [3.8, 4) is 11.5 Å². The molecule has 0 N–H and O–H groups in total. The molecule has 24 heavy (non-hydrogen) atoms. The molecule has 2 aromatic carbocycles. The van der Waals surface area contributed by atoms with Crippen LogP contribution in [-0.2, 0) is 6.42 Å². The molecule has 5 rings (SSSR count). The summed E-state index contributed by atoms with van der Waals surface area (Å²) in [6, 6.07) is 10.9. The summed E-state index contributed by atoms with van der Waals surface area (Å²) in [7, 11) is 0. The van der Waals surface area contributed by atoms with E-state index in [-0.39, 0.29) is 0 Å². The molecule has 0 saturated carbocycles. The van der Waals surface area contributed by atoms with Gasteiger partial charge in [0.05, 0.1) is 4.47 Å². The molecule has 2 aromatic rings. The van der Waals surface area contributed by atoms with E-state index in [1.807, 2.05) is 0 Å². The van der Waals surface area contributed by atoms with Gasteiger partial charge in [-0.1, -0.05) is 42.0 Å². The molecule has 1 unspecified atom stereocenters. The number of benzene rings is 2. The van der Waals surface area contributed by atoms with E-state index < -0.39 is 0 Å². The Balaban J connectivity index is 1.54. The summed E-state index contributed by atoms with van der Waals surface area (Å²) in [5, 5.41) is 0. The normalized spacial score (nSPS) is 19.8. The average Bonchev–Trinajstić information content (AvgIpc) is 3.28. The van der Waals surface area contributed by atoms with Crippen LogP contribution in [0.15, 0.2) is 46.5 Å². The second-order valence-corrected chi connectivity index (χ2v) is 7.48. The molecule has 0 bridgehead atoms. The fourth-order valence-electron chi connectivity index (χ4n) is 4.09. The topological polar surface area (TPSA) is 18.5 Å². The van der Waals surface area contributed by atoms with E-state index in [9.17, 15) is 0 Å². The quantitative estimate of drug-likeness (QED) is 0.664. The predicted molar refractivity (Wildman–Crippen MR) is 99.4 cm³/mol. The molecule has 1 atom stereocenters. The van der Waals surface area contributed by atoms with Crippen molar-refractivity contribution in [1.29, 1.82) is 0 Å². The first-order valence-electron chi connectivity index (χ1n) is 8.29. The van der Waals surface area contributed by atoms with E-state index in [0.29, 0.717) is 12.7 Å². The van der Waals surface area contributed by atoms with E-state index in [2.05, 4.69) is 65.3 Å². The first kappa shape index (κ1) is 14.4. The van der Waals surface area contributed by atoms with Gasteiger partial charge in [-0.3, -0.25) is 0 Å². The number of halogens is 1. The zero-order chi connectivity index (χ0) is 16.3. The van der Waals surface area contributed by atoms with Gasteiger partial charge in [0.2, 0.25) is 6.79 Å². The van der Waals surface area contributed by atoms with Crippen molar-refractivity contribution in [1.82, 2.24) is 0 Å². The number of hydrogen-bond donors (Lipinski definition) is 0. The molecule has 2 aliphatic carbocycles. The summed E-state index contributed by atoms with van der Waals surface area (Å²) >= 11 is 3.73. The Morgan fingerprint density at radius 1 is 1.21 bits per heavy atom. The van der Waals surface area contributed by atoms with E-state index in [1.54, 1.807) is 0 Å². The van der Waals surface area contributed by atoms with Crippen molar-refractivity contribution in [2.75, 3.05) is 6.79 Å². The van der Waals surface area contributed by atoms with Gasteiger partial charge in [-0.25, -0.2) is 0 Å². The largest absolute Gasteiger partial charge is 0.454 e. The van der Waals surface area contributed by atoms with E-state index in [0.717, 1.165) is 28.8 Å². The van der Waals surface area contributed by atoms with Crippen LogP contribution in [-0.4, -0.2) is 6.79 Å². The van der Waals surface area contributed by atoms with Gasteiger partial charge >= 0.3 is 0 Å². The Labute approximate surface area is 149 Å². The number of ether oxygens (including phenoxy) is 2. The van der Waals surface area contributed by atoms with Gasteiger partial charge in [-0.15, -0.1) is 0 Å². The molecule has 0 radical (unpaired) electrons. The van der Waals surface area contributed by atoms with Gasteiger partial charge in [0.15, 0.2) is 11.5 Å². The maximum atomic E-state index is 5.63. The smallest absolute Gasteiger partial charge is 0.231 e. The van der Waals surface area contributed by atoms with Crippen LogP contribution in [0.3, 0.4) is 0 Å². The number of fused-ring (bicyclic) bond motifs is 3. The van der Waals surface area contributed by atoms with Crippen LogP contribution >= 0.6 is 15.9 Å². The van der Waals surface area contributed by atoms with Gasteiger partial charge in [0.25, 0.3) is 0 Å². The average molecular weight is 381 g/mol. The molecule has 0 amide bonds. The van der Waals surface area contributed by atoms with Crippen LogP contribution in [0, 0.1) is 0 Å². The van der Waals surface area contributed by atoms with Crippen molar-refractivity contribution in [3.05, 3.63) is 68.7 Å². The summed E-state index contributed by atoms with van der Waals surface area (Å²) in [6.07, 6.45) is 6.62. The van der Waals surface area contributed by atoms with E-state index >= 15 is 0 Å². The molecule has 3 aliphatic rings. The van der Waals surface area contributed by atoms with Crippen molar-refractivity contribution in [3.63, 3.8) is 0 Å². The van der Waals surface area contributed by atoms with Crippen molar-refractivity contribution < 1.29 is 9.47 Å². The zero-order valence-corrected chi connectivity index (χ0v) is 15.0. The Kier molecular flexibility index (Phi) is 3.14. The van der Waals surface area contributed by atoms with Crippen molar-refractivity contribution in [2.24, 2.45) is 0 Å². The SMILES string of the molecule is CC1=C(CC2C=Cc3ccccc32)c2cc3c(c(Br)c2C1)OCO3. The van der Waals surface area contributed by atoms with Gasteiger partial charge in [-0.05, 0) is 69.6 Å². The van der Waals surface area contributed by atoms with E-state index in [1.165, 1.54) is 33.4 Å². The summed E-state index contributed by atoms with van der Waals surface area (Å²) in [6.45, 7) is 2.56. The van der Waals surface area contributed by atoms with Crippen LogP contribution in [0.5, 0.6) is 11.5 Å². The second-order valence-electron chi connectivity index (χ2n) is 6.68. The Morgan fingerprint density at radius 3 is 3.00 bits per heavy atom. The Morgan fingerprint density at radius 2 is 2.08 bits per heavy atom. The Bertz CT molecular complexity index is 924. The molecule has 120 valence electrons. The lowest BCUT2D eigenvalue weighted by atomic mass is 9.90. The van der Waals surface area contributed by atoms with Gasteiger partial charge < -0.3 is 9.47 Å². The molecule has 1 aliphatic heterocycles. The van der Waals surface area contributed by atoms with Crippen LogP contribution < -0.4 is 9.47 Å². The monoisotopic (exact) mass is 380 g/mol. The molecule has 3 heteroatoms. The lowest BCUT2D eigenvalue weighted by Gasteiger charge is -2.15. The third-order valence-corrected chi connectivity index (χ3v) is 6.15. The first-order valence-corrected chi connectivity index (χ1v) is 9.09. The minimum absolute atomic E-state index is 0.313. The maximum absolute atomic E-state index is 5.63. The van der Waals surface area contributed by atoms with Crippen LogP contribution in [0.1, 0.15) is 41.5 Å². The van der Waals surface area contributed by atoms with Crippen LogP contribution in [0.25, 0.3) is 11.6 Å². The van der Waals surface area contributed by atoms with Crippen molar-refractivity contribution in [2.45, 2.75) is 25.7 Å². The Hall–Kier alpha value is -2.00. The van der Waals surface area contributed by atoms with E-state index in [4.69, 9.17) is 9.47 Å². The lowest BCUT2D eigenvalue weighted by molar-refractivity contribution is 0.173.